The van der Waals surface area contributed by atoms with Gasteiger partial charge in [0.15, 0.2) is 0 Å². The Balaban J connectivity index is 1.32. The molecule has 0 amide bonds. The minimum atomic E-state index is -0.876. The number of aromatic nitrogens is 3. The number of pyridine rings is 1. The number of hydrogen-bond donors (Lipinski definition) is 2. The van der Waals surface area contributed by atoms with Crippen LogP contribution in [0.1, 0.15) is 64.9 Å². The third kappa shape index (κ3) is 5.94. The molecule has 2 N–H and O–H groups in total. The maximum atomic E-state index is 15.1. The molecule has 48 heavy (non-hydrogen) atoms. The van der Waals surface area contributed by atoms with E-state index in [9.17, 15) is 15.0 Å². The Morgan fingerprint density at radius 3 is 2.75 bits per heavy atom. The van der Waals surface area contributed by atoms with Gasteiger partial charge in [0.25, 0.3) is 0 Å². The summed E-state index contributed by atoms with van der Waals surface area (Å²) in [5, 5.41) is 24.5. The number of ether oxygens (including phenoxy) is 2. The molecule has 3 unspecified atom stereocenters. The zero-order valence-electron chi connectivity index (χ0n) is 27.8. The molecule has 3 saturated heterocycles. The molecule has 4 aromatic rings. The van der Waals surface area contributed by atoms with E-state index in [1.54, 1.807) is 24.4 Å². The van der Waals surface area contributed by atoms with Gasteiger partial charge in [-0.2, -0.15) is 9.97 Å². The Hall–Kier alpha value is -3.66. The van der Waals surface area contributed by atoms with Crippen LogP contribution in [-0.2, 0) is 16.0 Å². The van der Waals surface area contributed by atoms with E-state index in [1.807, 2.05) is 13.8 Å². The van der Waals surface area contributed by atoms with Gasteiger partial charge in [-0.25, -0.2) is 4.39 Å². The maximum Gasteiger partial charge on any atom is 0.319 e. The van der Waals surface area contributed by atoms with Crippen LogP contribution in [0.5, 0.6) is 11.8 Å². The number of nitrogens with zero attached hydrogens (tertiary/aromatic N) is 5. The molecule has 3 aliphatic heterocycles. The van der Waals surface area contributed by atoms with Crippen LogP contribution in [-0.4, -0.2) is 86.1 Å². The number of aryl methyl sites for hydroxylation is 1. The van der Waals surface area contributed by atoms with E-state index in [1.165, 1.54) is 13.0 Å². The van der Waals surface area contributed by atoms with Gasteiger partial charge < -0.3 is 24.6 Å². The van der Waals surface area contributed by atoms with Gasteiger partial charge in [-0.05, 0) is 92.9 Å². The number of fused-ring (bicyclic) bond motifs is 3. The molecule has 2 aromatic carbocycles. The van der Waals surface area contributed by atoms with E-state index >= 15 is 4.39 Å². The molecule has 12 heteroatoms. The Bertz CT molecular complexity index is 1910. The minimum Gasteiger partial charge on any atom is -0.508 e. The molecule has 10 nitrogen and oxygen atoms in total. The molecule has 254 valence electrons. The molecule has 4 atom stereocenters. The van der Waals surface area contributed by atoms with Crippen molar-refractivity contribution in [2.75, 3.05) is 37.7 Å². The fourth-order valence-corrected chi connectivity index (χ4v) is 8.68. The third-order valence-corrected chi connectivity index (χ3v) is 11.0. The standard InChI is InChI=1S/C36H43FN5O5P/c1-4-25-28(37)8-7-22-15-24(44)16-26(29(22)25)30-32(48)31-27(17-38-30)33(41-13-5-10-35(3,45)19-41)40-34(39-31)47-20-36-11-6-14-42(36)23(9-12-36)18-46-21(2)43/h7-8,15-17,23,44-45H,4-6,9-14,18-20,48H2,1-3H3/t23?,35-,36?/m1/s1. The summed E-state index contributed by atoms with van der Waals surface area (Å²) in [7, 11) is 2.77. The Morgan fingerprint density at radius 2 is 1.98 bits per heavy atom. The Kier molecular flexibility index (Phi) is 8.67. The monoisotopic (exact) mass is 675 g/mol. The second-order valence-electron chi connectivity index (χ2n) is 13.9. The zero-order chi connectivity index (χ0) is 33.8. The summed E-state index contributed by atoms with van der Waals surface area (Å²) in [5.41, 5.74) is 1.27. The van der Waals surface area contributed by atoms with Gasteiger partial charge in [0.1, 0.15) is 30.6 Å². The number of carbonyl (C=O) groups excluding carboxylic acids is 1. The van der Waals surface area contributed by atoms with Gasteiger partial charge in [0, 0.05) is 43.1 Å². The van der Waals surface area contributed by atoms with Crippen molar-refractivity contribution in [1.29, 1.82) is 0 Å². The molecule has 0 saturated carbocycles. The first-order valence-electron chi connectivity index (χ1n) is 16.9. The van der Waals surface area contributed by atoms with Gasteiger partial charge in [-0.1, -0.05) is 13.0 Å². The Morgan fingerprint density at radius 1 is 1.17 bits per heavy atom. The lowest BCUT2D eigenvalue weighted by atomic mass is 9.94. The summed E-state index contributed by atoms with van der Waals surface area (Å²) in [5.74, 6) is 0.125. The summed E-state index contributed by atoms with van der Waals surface area (Å²) < 4.78 is 27.0. The SMILES string of the molecule is CCc1c(F)ccc2cc(O)cc(-c3ncc4c(N5CCC[C@@](C)(O)C5)nc(OCC56CCCN5C(COC(C)=O)CC6)nc4c3P)c12. The number of anilines is 1. The largest absolute Gasteiger partial charge is 0.508 e. The fourth-order valence-electron chi connectivity index (χ4n) is 8.23. The quantitative estimate of drug-likeness (QED) is 0.194. The molecule has 3 aliphatic rings. The number of halogens is 1. The van der Waals surface area contributed by atoms with Crippen molar-refractivity contribution in [2.24, 2.45) is 0 Å². The number of aliphatic hydroxyl groups is 1. The highest BCUT2D eigenvalue weighted by atomic mass is 31.0. The maximum absolute atomic E-state index is 15.1. The van der Waals surface area contributed by atoms with Crippen LogP contribution in [0.3, 0.4) is 0 Å². The van der Waals surface area contributed by atoms with Crippen molar-refractivity contribution in [1.82, 2.24) is 19.9 Å². The van der Waals surface area contributed by atoms with E-state index in [0.717, 1.165) is 44.0 Å². The molecule has 5 heterocycles. The first-order valence-corrected chi connectivity index (χ1v) is 17.5. The molecule has 0 bridgehead atoms. The van der Waals surface area contributed by atoms with E-state index in [4.69, 9.17) is 24.4 Å². The number of phenols is 1. The molecule has 7 rings (SSSR count). The molecule has 2 aromatic heterocycles. The van der Waals surface area contributed by atoms with Crippen molar-refractivity contribution in [3.63, 3.8) is 0 Å². The highest BCUT2D eigenvalue weighted by Gasteiger charge is 2.50. The predicted octanol–water partition coefficient (Wildman–Crippen LogP) is 5.04. The fraction of sp³-hybridized carbons (Fsp3) is 0.500. The summed E-state index contributed by atoms with van der Waals surface area (Å²) in [6, 6.07) is 6.77. The van der Waals surface area contributed by atoms with Crippen LogP contribution < -0.4 is 14.9 Å². The first kappa shape index (κ1) is 32.9. The smallest absolute Gasteiger partial charge is 0.319 e. The highest BCUT2D eigenvalue weighted by Crippen LogP contribution is 2.43. The lowest BCUT2D eigenvalue weighted by molar-refractivity contribution is -0.142. The van der Waals surface area contributed by atoms with E-state index in [2.05, 4.69) is 19.0 Å². The minimum absolute atomic E-state index is 0.0596. The molecular formula is C36H43FN5O5P. The van der Waals surface area contributed by atoms with Crippen LogP contribution in [0.2, 0.25) is 0 Å². The van der Waals surface area contributed by atoms with Gasteiger partial charge in [0.2, 0.25) is 0 Å². The number of hydrogen-bond acceptors (Lipinski definition) is 10. The number of phenolic OH excluding ortho intramolecular Hbond substituents is 1. The van der Waals surface area contributed by atoms with Crippen molar-refractivity contribution in [3.05, 3.63) is 41.8 Å². The number of β-amino-alcohol motifs (C(OH)–C–C–N with tert-alkyl or cyclic N) is 1. The summed E-state index contributed by atoms with van der Waals surface area (Å²) >= 11 is 0. The first-order chi connectivity index (χ1) is 23.0. The van der Waals surface area contributed by atoms with Crippen molar-refractivity contribution in [3.8, 4) is 23.0 Å². The number of rotatable bonds is 8. The second kappa shape index (κ2) is 12.7. The van der Waals surface area contributed by atoms with Crippen LogP contribution in [0.4, 0.5) is 10.2 Å². The van der Waals surface area contributed by atoms with Crippen LogP contribution in [0.15, 0.2) is 30.5 Å². The summed E-state index contributed by atoms with van der Waals surface area (Å²) in [4.78, 5) is 30.8. The highest BCUT2D eigenvalue weighted by molar-refractivity contribution is 7.28. The van der Waals surface area contributed by atoms with Crippen molar-refractivity contribution < 1.29 is 28.9 Å². The van der Waals surface area contributed by atoms with Gasteiger partial charge in [0.05, 0.1) is 27.7 Å². The Labute approximate surface area is 281 Å². The molecule has 0 spiro atoms. The molecule has 0 aliphatic carbocycles. The van der Waals surface area contributed by atoms with Crippen LogP contribution >= 0.6 is 9.24 Å². The molecule has 3 fully saturated rings. The van der Waals surface area contributed by atoms with Gasteiger partial charge >= 0.3 is 12.0 Å². The van der Waals surface area contributed by atoms with Crippen LogP contribution in [0.25, 0.3) is 32.9 Å². The van der Waals surface area contributed by atoms with Crippen molar-refractivity contribution in [2.45, 2.75) is 82.9 Å². The third-order valence-electron chi connectivity index (χ3n) is 10.5. The lowest BCUT2D eigenvalue weighted by Gasteiger charge is -2.38. The number of aromatic hydroxyl groups is 1. The van der Waals surface area contributed by atoms with Crippen LogP contribution in [0, 0.1) is 5.82 Å². The number of carbonyl (C=O) groups is 1. The molecular weight excluding hydrogens is 632 g/mol. The van der Waals surface area contributed by atoms with E-state index < -0.39 is 5.60 Å². The average molecular weight is 676 g/mol. The summed E-state index contributed by atoms with van der Waals surface area (Å²) in [6.45, 7) is 8.00. The number of esters is 1. The topological polar surface area (TPSA) is 121 Å². The number of benzene rings is 2. The normalized spacial score (nSPS) is 24.4. The van der Waals surface area contributed by atoms with Crippen molar-refractivity contribution >= 4 is 48.0 Å². The second-order valence-corrected chi connectivity index (χ2v) is 14.5. The predicted molar refractivity (Wildman–Crippen MR) is 187 cm³/mol. The zero-order valence-corrected chi connectivity index (χ0v) is 28.9. The molecule has 0 radical (unpaired) electrons. The van der Waals surface area contributed by atoms with Gasteiger partial charge in [-0.15, -0.1) is 9.24 Å². The lowest BCUT2D eigenvalue weighted by Crippen LogP contribution is -2.48. The van der Waals surface area contributed by atoms with Gasteiger partial charge in [-0.3, -0.25) is 14.7 Å². The average Bonchev–Trinajstić information content (AvgIpc) is 3.61. The number of piperidine rings is 1. The summed E-state index contributed by atoms with van der Waals surface area (Å²) in [6.07, 6.45) is 7.57. The van der Waals surface area contributed by atoms with E-state index in [0.29, 0.717) is 83.4 Å². The van der Waals surface area contributed by atoms with E-state index in [-0.39, 0.29) is 35.1 Å².